The van der Waals surface area contributed by atoms with Gasteiger partial charge in [-0.15, -0.1) is 23.2 Å². The van der Waals surface area contributed by atoms with Crippen LogP contribution in [-0.2, 0) is 4.79 Å². The Morgan fingerprint density at radius 2 is 1.79 bits per heavy atom. The van der Waals surface area contributed by atoms with E-state index in [1.807, 2.05) is 0 Å². The number of carbonyl (C=O) groups is 1. The van der Waals surface area contributed by atoms with E-state index in [0.29, 0.717) is 0 Å². The van der Waals surface area contributed by atoms with Crippen molar-refractivity contribution in [1.82, 2.24) is 5.32 Å². The third-order valence-corrected chi connectivity index (χ3v) is 2.04. The fourth-order valence-electron chi connectivity index (χ4n) is 1.29. The van der Waals surface area contributed by atoms with Crippen molar-refractivity contribution in [1.29, 1.82) is 0 Å². The first-order valence-electron chi connectivity index (χ1n) is 4.67. The zero-order valence-electron chi connectivity index (χ0n) is 8.51. The van der Waals surface area contributed by atoms with Crippen molar-refractivity contribution in [3.05, 3.63) is 0 Å². The summed E-state index contributed by atoms with van der Waals surface area (Å²) in [4.78, 5) is 8.36. The van der Waals surface area contributed by atoms with Gasteiger partial charge in [0.05, 0.1) is 5.34 Å². The molecule has 86 valence electrons. The first-order valence-corrected chi connectivity index (χ1v) is 5.74. The lowest BCUT2D eigenvalue weighted by atomic mass is 9.96. The van der Waals surface area contributed by atoms with E-state index in [2.05, 4.69) is 12.2 Å². The fraction of sp³-hybridized carbons (Fsp3) is 0.889. The summed E-state index contributed by atoms with van der Waals surface area (Å²) >= 11 is 9.53. The van der Waals surface area contributed by atoms with Crippen molar-refractivity contribution in [2.75, 3.05) is 18.4 Å². The van der Waals surface area contributed by atoms with E-state index < -0.39 is 0 Å². The highest BCUT2D eigenvalue weighted by Gasteiger charge is 2.08. The predicted octanol–water partition coefficient (Wildman–Crippen LogP) is 2.52. The summed E-state index contributed by atoms with van der Waals surface area (Å²) < 4.78 is 0. The molecule has 0 aromatic rings. The van der Waals surface area contributed by atoms with E-state index in [9.17, 15) is 0 Å². The van der Waals surface area contributed by atoms with E-state index in [1.54, 1.807) is 0 Å². The lowest BCUT2D eigenvalue weighted by molar-refractivity contribution is -0.122. The fourth-order valence-corrected chi connectivity index (χ4v) is 1.29. The van der Waals surface area contributed by atoms with Gasteiger partial charge >= 0.3 is 0 Å². The highest BCUT2D eigenvalue weighted by molar-refractivity contribution is 6.40. The molecular weight excluding hydrogens is 225 g/mol. The number of hydrogen-bond donors (Lipinski definition) is 2. The van der Waals surface area contributed by atoms with Crippen LogP contribution in [0, 0.1) is 5.92 Å². The minimum Gasteiger partial charge on any atom is -0.483 e. The van der Waals surface area contributed by atoms with Gasteiger partial charge in [-0.05, 0) is 31.8 Å². The average Bonchev–Trinajstić information content (AvgIpc) is 2.21. The third-order valence-electron chi connectivity index (χ3n) is 2.04. The van der Waals surface area contributed by atoms with Crippen LogP contribution in [0.4, 0.5) is 0 Å². The van der Waals surface area contributed by atoms with Gasteiger partial charge in [0.25, 0.3) is 6.47 Å². The Bertz CT molecular complexity index is 109. The molecule has 1 aliphatic heterocycles. The molecular formula is C9H19Cl2NO2. The van der Waals surface area contributed by atoms with E-state index in [-0.39, 0.29) is 11.8 Å². The van der Waals surface area contributed by atoms with Crippen molar-refractivity contribution in [3.8, 4) is 0 Å². The molecule has 0 saturated carbocycles. The Hall–Kier alpha value is 0.01000. The standard InChI is InChI=1S/C7H15N.CH2Cl2.CH2O2/c1-2-7-3-5-8-6-4-7;2*2-1-3/h7-8H,2-6H2,1H3;1H2;1H,(H,2,3). The third kappa shape index (κ3) is 14.5. The number of alkyl halides is 2. The van der Waals surface area contributed by atoms with E-state index in [0.717, 1.165) is 5.92 Å². The summed E-state index contributed by atoms with van der Waals surface area (Å²) in [6.45, 7) is 4.53. The van der Waals surface area contributed by atoms with E-state index in [1.165, 1.54) is 32.4 Å². The van der Waals surface area contributed by atoms with Crippen LogP contribution in [0.3, 0.4) is 0 Å². The Balaban J connectivity index is 0. The molecule has 0 amide bonds. The molecule has 0 radical (unpaired) electrons. The second-order valence-corrected chi connectivity index (χ2v) is 3.62. The normalized spacial score (nSPS) is 15.6. The smallest absolute Gasteiger partial charge is 0.290 e. The summed E-state index contributed by atoms with van der Waals surface area (Å²) in [6.07, 6.45) is 4.18. The van der Waals surface area contributed by atoms with Gasteiger partial charge in [0.1, 0.15) is 0 Å². The van der Waals surface area contributed by atoms with E-state index in [4.69, 9.17) is 33.1 Å². The SMILES string of the molecule is CCC1CCNCC1.ClCCl.O=CO. The Labute approximate surface area is 95.8 Å². The molecule has 5 heteroatoms. The molecule has 1 rings (SSSR count). The molecule has 1 heterocycles. The molecule has 0 bridgehead atoms. The predicted molar refractivity (Wildman–Crippen MR) is 61.2 cm³/mol. The average molecular weight is 244 g/mol. The Morgan fingerprint density at radius 3 is 2.00 bits per heavy atom. The molecule has 14 heavy (non-hydrogen) atoms. The molecule has 1 aliphatic rings. The minimum atomic E-state index is -0.250. The van der Waals surface area contributed by atoms with Gasteiger partial charge in [-0.3, -0.25) is 4.79 Å². The molecule has 0 unspecified atom stereocenters. The topological polar surface area (TPSA) is 49.3 Å². The monoisotopic (exact) mass is 243 g/mol. The second kappa shape index (κ2) is 15.5. The summed E-state index contributed by atoms with van der Waals surface area (Å²) in [5.74, 6) is 1.02. The molecule has 0 aromatic carbocycles. The van der Waals surface area contributed by atoms with Crippen molar-refractivity contribution in [3.63, 3.8) is 0 Å². The van der Waals surface area contributed by atoms with Crippen molar-refractivity contribution in [2.45, 2.75) is 26.2 Å². The number of hydrogen-bond acceptors (Lipinski definition) is 2. The van der Waals surface area contributed by atoms with Crippen molar-refractivity contribution in [2.24, 2.45) is 5.92 Å². The molecule has 0 atom stereocenters. The van der Waals surface area contributed by atoms with Gasteiger partial charge in [-0.1, -0.05) is 13.3 Å². The summed E-state index contributed by atoms with van der Waals surface area (Å²) in [5, 5.41) is 10.4. The summed E-state index contributed by atoms with van der Waals surface area (Å²) in [6, 6.07) is 0. The van der Waals surface area contributed by atoms with Crippen LogP contribution in [0.2, 0.25) is 0 Å². The van der Waals surface area contributed by atoms with Crippen LogP contribution in [-0.4, -0.2) is 30.0 Å². The molecule has 1 saturated heterocycles. The van der Waals surface area contributed by atoms with Gasteiger partial charge in [0.15, 0.2) is 0 Å². The summed E-state index contributed by atoms with van der Waals surface area (Å²) in [7, 11) is 0. The van der Waals surface area contributed by atoms with Gasteiger partial charge in [0, 0.05) is 0 Å². The molecule has 3 nitrogen and oxygen atoms in total. The maximum Gasteiger partial charge on any atom is 0.290 e. The van der Waals surface area contributed by atoms with Gasteiger partial charge < -0.3 is 10.4 Å². The van der Waals surface area contributed by atoms with E-state index >= 15 is 0 Å². The van der Waals surface area contributed by atoms with Crippen molar-refractivity contribution >= 4 is 29.7 Å². The van der Waals surface area contributed by atoms with Gasteiger partial charge in [0.2, 0.25) is 0 Å². The van der Waals surface area contributed by atoms with Crippen LogP contribution in [0.25, 0.3) is 0 Å². The lowest BCUT2D eigenvalue weighted by Crippen LogP contribution is -2.27. The summed E-state index contributed by atoms with van der Waals surface area (Å²) in [5.41, 5.74) is 0. The van der Waals surface area contributed by atoms with Crippen LogP contribution < -0.4 is 5.32 Å². The molecule has 0 aliphatic carbocycles. The number of rotatable bonds is 1. The van der Waals surface area contributed by atoms with Crippen molar-refractivity contribution < 1.29 is 9.90 Å². The maximum atomic E-state index is 8.36. The zero-order valence-corrected chi connectivity index (χ0v) is 10.0. The maximum absolute atomic E-state index is 8.36. The molecule has 2 N–H and O–H groups in total. The highest BCUT2D eigenvalue weighted by atomic mass is 35.5. The van der Waals surface area contributed by atoms with Crippen LogP contribution in [0.1, 0.15) is 26.2 Å². The quantitative estimate of drug-likeness (QED) is 0.550. The van der Waals surface area contributed by atoms with Crippen LogP contribution >= 0.6 is 23.2 Å². The molecule has 1 fully saturated rings. The highest BCUT2D eigenvalue weighted by Crippen LogP contribution is 2.13. The zero-order chi connectivity index (χ0) is 11.2. The minimum absolute atomic E-state index is 0.194. The van der Waals surface area contributed by atoms with Crippen LogP contribution in [0.5, 0.6) is 0 Å². The van der Waals surface area contributed by atoms with Crippen LogP contribution in [0.15, 0.2) is 0 Å². The number of nitrogens with one attached hydrogen (secondary N) is 1. The van der Waals surface area contributed by atoms with Gasteiger partial charge in [-0.2, -0.15) is 0 Å². The lowest BCUT2D eigenvalue weighted by Gasteiger charge is -2.20. The second-order valence-electron chi connectivity index (χ2n) is 2.81. The Morgan fingerprint density at radius 1 is 1.43 bits per heavy atom. The molecule has 0 spiro atoms. The number of carboxylic acid groups (broad SMARTS) is 1. The number of halogens is 2. The first kappa shape index (κ1) is 16.4. The Kier molecular flexibility index (Phi) is 18.2. The molecule has 0 aromatic heterocycles. The van der Waals surface area contributed by atoms with Gasteiger partial charge in [-0.25, -0.2) is 0 Å². The largest absolute Gasteiger partial charge is 0.483 e. The number of piperidine rings is 1. The first-order chi connectivity index (χ1) is 6.76.